The Bertz CT molecular complexity index is 1470. The molecule has 3 aromatic rings. The Balaban J connectivity index is 1.38. The summed E-state index contributed by atoms with van der Waals surface area (Å²) in [4.78, 5) is 67.5. The van der Waals surface area contributed by atoms with Crippen LogP contribution in [0.15, 0.2) is 36.7 Å². The van der Waals surface area contributed by atoms with E-state index in [-0.39, 0.29) is 24.9 Å². The van der Waals surface area contributed by atoms with E-state index in [2.05, 4.69) is 30.9 Å². The number of likely N-dealkylation sites (tertiary alicyclic amines) is 1. The summed E-state index contributed by atoms with van der Waals surface area (Å²) in [6, 6.07) is 7.40. The molecule has 1 aliphatic heterocycles. The van der Waals surface area contributed by atoms with Crippen LogP contribution in [0.3, 0.4) is 0 Å². The van der Waals surface area contributed by atoms with Gasteiger partial charge in [0.1, 0.15) is 17.4 Å². The van der Waals surface area contributed by atoms with Crippen molar-refractivity contribution in [2.75, 3.05) is 25.4 Å². The Morgan fingerprint density at radius 3 is 2.42 bits per heavy atom. The van der Waals surface area contributed by atoms with Gasteiger partial charge in [-0.1, -0.05) is 44.2 Å². The number of rotatable bonds is 14. The first kappa shape index (κ1) is 33.3. The molecule has 4 rings (SSSR count). The van der Waals surface area contributed by atoms with Crippen molar-refractivity contribution in [3.8, 4) is 0 Å². The number of nitrogen functional groups attached to an aromatic ring is 1. The minimum absolute atomic E-state index is 0.114. The van der Waals surface area contributed by atoms with E-state index in [0.717, 1.165) is 24.8 Å². The molecule has 1 aromatic carbocycles. The van der Waals surface area contributed by atoms with Gasteiger partial charge in [0.05, 0.1) is 12.4 Å². The number of anilines is 1. The van der Waals surface area contributed by atoms with Gasteiger partial charge in [-0.2, -0.15) is 0 Å². The van der Waals surface area contributed by atoms with Crippen molar-refractivity contribution < 1.29 is 19.2 Å². The van der Waals surface area contributed by atoms with Crippen LogP contribution in [-0.4, -0.2) is 79.8 Å². The number of aryl methyl sites for hydroxylation is 3. The van der Waals surface area contributed by atoms with Crippen LogP contribution in [0.1, 0.15) is 63.8 Å². The monoisotopic (exact) mass is 619 g/mol. The van der Waals surface area contributed by atoms with Gasteiger partial charge in [-0.3, -0.25) is 14.4 Å². The first-order valence-corrected chi connectivity index (χ1v) is 15.8. The maximum Gasteiger partial charge on any atom is 0.318 e. The molecule has 0 saturated carbocycles. The van der Waals surface area contributed by atoms with Gasteiger partial charge in [0.15, 0.2) is 11.5 Å². The second-order valence-electron chi connectivity index (χ2n) is 12.0. The van der Waals surface area contributed by atoms with Crippen LogP contribution in [0.5, 0.6) is 0 Å². The molecule has 3 heterocycles. The molecule has 0 radical (unpaired) electrons. The molecule has 45 heavy (non-hydrogen) atoms. The summed E-state index contributed by atoms with van der Waals surface area (Å²) in [7, 11) is 0. The highest BCUT2D eigenvalue weighted by Crippen LogP contribution is 2.16. The smallest absolute Gasteiger partial charge is 0.318 e. The average Bonchev–Trinajstić information content (AvgIpc) is 3.44. The number of Topliss-reactive ketones (excluding diaryl/α,β-unsaturated/α-hetero) is 1. The van der Waals surface area contributed by atoms with E-state index in [1.807, 2.05) is 48.7 Å². The van der Waals surface area contributed by atoms with E-state index in [1.165, 1.54) is 0 Å². The predicted molar refractivity (Wildman–Crippen MR) is 171 cm³/mol. The van der Waals surface area contributed by atoms with Crippen LogP contribution in [0.2, 0.25) is 0 Å². The van der Waals surface area contributed by atoms with Gasteiger partial charge in [0.2, 0.25) is 11.7 Å². The lowest BCUT2D eigenvalue weighted by atomic mass is 9.99. The lowest BCUT2D eigenvalue weighted by molar-refractivity contribution is -0.140. The second kappa shape index (κ2) is 16.0. The van der Waals surface area contributed by atoms with E-state index in [9.17, 15) is 19.2 Å². The average molecular weight is 620 g/mol. The van der Waals surface area contributed by atoms with E-state index in [0.29, 0.717) is 61.7 Å². The number of hydrogen-bond donors (Lipinski definition) is 4. The number of ketones is 1. The van der Waals surface area contributed by atoms with Crippen molar-refractivity contribution in [1.29, 1.82) is 0 Å². The third kappa shape index (κ3) is 9.47. The number of carbonyl (C=O) groups is 4. The molecule has 13 nitrogen and oxygen atoms in total. The molecule has 1 unspecified atom stereocenters. The fourth-order valence-corrected chi connectivity index (χ4v) is 5.48. The summed E-state index contributed by atoms with van der Waals surface area (Å²) in [6.45, 7) is 7.70. The number of piperidine rings is 1. The van der Waals surface area contributed by atoms with Crippen LogP contribution < -0.4 is 21.7 Å². The topological polar surface area (TPSA) is 177 Å². The lowest BCUT2D eigenvalue weighted by Gasteiger charge is -2.30. The molecule has 1 fully saturated rings. The van der Waals surface area contributed by atoms with Crippen molar-refractivity contribution in [3.63, 3.8) is 0 Å². The number of amides is 4. The number of nitrogens with zero attached hydrogens (tertiary/aromatic N) is 5. The molecule has 1 saturated heterocycles. The SMILES string of the molecule is Cc1nc(N)c2ncn(CCCNC(=O)C(=O)C(CCc3ccccc3)NC(=O)[C@H](CC(C)C)NC(=O)N3CCCCC3)c2n1. The highest BCUT2D eigenvalue weighted by molar-refractivity contribution is 6.38. The standard InChI is InChI=1S/C32H45N9O4/c1-21(2)19-25(39-32(45)40-16-8-5-9-17-40)30(43)38-24(14-13-23-11-6-4-7-12-23)27(42)31(44)34-15-10-18-41-20-35-26-28(33)36-22(3)37-29(26)41/h4,6-7,11-12,20-21,24-25H,5,8-10,13-19H2,1-3H3,(H,34,44)(H,38,43)(H,39,45)(H2,33,36,37)/t24?,25-/m0/s1. The third-order valence-electron chi connectivity index (χ3n) is 7.85. The van der Waals surface area contributed by atoms with Crippen LogP contribution in [0.4, 0.5) is 10.6 Å². The summed E-state index contributed by atoms with van der Waals surface area (Å²) < 4.78 is 1.82. The van der Waals surface area contributed by atoms with Crippen molar-refractivity contribution in [3.05, 3.63) is 48.0 Å². The molecular weight excluding hydrogens is 574 g/mol. The number of carbonyl (C=O) groups excluding carboxylic acids is 4. The number of urea groups is 1. The summed E-state index contributed by atoms with van der Waals surface area (Å²) in [6.07, 6.45) is 6.19. The molecule has 0 bridgehead atoms. The van der Waals surface area contributed by atoms with Crippen LogP contribution >= 0.6 is 0 Å². The number of fused-ring (bicyclic) bond motifs is 1. The molecule has 0 spiro atoms. The molecule has 13 heteroatoms. The third-order valence-corrected chi connectivity index (χ3v) is 7.85. The maximum absolute atomic E-state index is 13.5. The zero-order valence-corrected chi connectivity index (χ0v) is 26.4. The Labute approximate surface area is 263 Å². The highest BCUT2D eigenvalue weighted by Gasteiger charge is 2.31. The number of aromatic nitrogens is 4. The predicted octanol–water partition coefficient (Wildman–Crippen LogP) is 2.52. The molecule has 2 atom stereocenters. The second-order valence-corrected chi connectivity index (χ2v) is 12.0. The van der Waals surface area contributed by atoms with E-state index < -0.39 is 29.7 Å². The van der Waals surface area contributed by atoms with Gasteiger partial charge in [0, 0.05) is 26.2 Å². The highest BCUT2D eigenvalue weighted by atomic mass is 16.2. The number of imidazole rings is 1. The van der Waals surface area contributed by atoms with Gasteiger partial charge in [-0.05, 0) is 63.4 Å². The van der Waals surface area contributed by atoms with Gasteiger partial charge < -0.3 is 31.2 Å². The van der Waals surface area contributed by atoms with Crippen LogP contribution in [0, 0.1) is 12.8 Å². The maximum atomic E-state index is 13.5. The van der Waals surface area contributed by atoms with Crippen molar-refractivity contribution in [1.82, 2.24) is 40.4 Å². The Morgan fingerprint density at radius 2 is 1.71 bits per heavy atom. The molecule has 1 aliphatic rings. The van der Waals surface area contributed by atoms with E-state index >= 15 is 0 Å². The van der Waals surface area contributed by atoms with Gasteiger partial charge >= 0.3 is 6.03 Å². The molecule has 2 aromatic heterocycles. The summed E-state index contributed by atoms with van der Waals surface area (Å²) in [5, 5.41) is 8.38. The van der Waals surface area contributed by atoms with Crippen LogP contribution in [0.25, 0.3) is 11.2 Å². The minimum Gasteiger partial charge on any atom is -0.382 e. The van der Waals surface area contributed by atoms with Crippen molar-refractivity contribution in [2.24, 2.45) is 5.92 Å². The van der Waals surface area contributed by atoms with Crippen LogP contribution in [-0.2, 0) is 27.3 Å². The van der Waals surface area contributed by atoms with Crippen molar-refractivity contribution in [2.45, 2.75) is 84.3 Å². The quantitative estimate of drug-likeness (QED) is 0.157. The number of nitrogens with two attached hydrogens (primary N) is 1. The summed E-state index contributed by atoms with van der Waals surface area (Å²) >= 11 is 0. The number of hydrogen-bond acceptors (Lipinski definition) is 8. The zero-order valence-electron chi connectivity index (χ0n) is 26.4. The minimum atomic E-state index is -1.06. The van der Waals surface area contributed by atoms with E-state index in [1.54, 1.807) is 18.2 Å². The Hall–Kier alpha value is -4.55. The van der Waals surface area contributed by atoms with Gasteiger partial charge in [-0.15, -0.1) is 0 Å². The lowest BCUT2D eigenvalue weighted by Crippen LogP contribution is -2.56. The molecule has 4 amide bonds. The zero-order chi connectivity index (χ0) is 32.3. The van der Waals surface area contributed by atoms with Gasteiger partial charge in [0.25, 0.3) is 5.91 Å². The largest absolute Gasteiger partial charge is 0.382 e. The van der Waals surface area contributed by atoms with Crippen molar-refractivity contribution >= 4 is 40.6 Å². The normalized spacial score (nSPS) is 14.6. The molecule has 5 N–H and O–H groups in total. The Morgan fingerprint density at radius 1 is 0.978 bits per heavy atom. The Kier molecular flexibility index (Phi) is 11.8. The number of benzene rings is 1. The summed E-state index contributed by atoms with van der Waals surface area (Å²) in [5.41, 5.74) is 8.05. The fraction of sp³-hybridized carbons (Fsp3) is 0.531. The number of nitrogens with one attached hydrogen (secondary N) is 3. The van der Waals surface area contributed by atoms with Gasteiger partial charge in [-0.25, -0.2) is 19.7 Å². The molecular formula is C32H45N9O4. The first-order chi connectivity index (χ1) is 21.6. The fourth-order valence-electron chi connectivity index (χ4n) is 5.48. The summed E-state index contributed by atoms with van der Waals surface area (Å²) in [5.74, 6) is -1.02. The molecule has 0 aliphatic carbocycles. The van der Waals surface area contributed by atoms with E-state index in [4.69, 9.17) is 5.73 Å². The first-order valence-electron chi connectivity index (χ1n) is 15.8. The molecule has 242 valence electrons.